The number of aliphatic imine (C=N–C) groups is 1. The lowest BCUT2D eigenvalue weighted by atomic mass is 10.1. The molecule has 0 fully saturated rings. The summed E-state index contributed by atoms with van der Waals surface area (Å²) in [6, 6.07) is 15.6. The summed E-state index contributed by atoms with van der Waals surface area (Å²) >= 11 is 0. The van der Waals surface area contributed by atoms with Crippen LogP contribution in [0.15, 0.2) is 53.5 Å². The number of hydrogen-bond donors (Lipinski definition) is 2. The molecule has 0 saturated heterocycles. The molecule has 0 aliphatic rings. The minimum Gasteiger partial charge on any atom is -0.378 e. The highest BCUT2D eigenvalue weighted by molar-refractivity contribution is 6.10. The van der Waals surface area contributed by atoms with Crippen molar-refractivity contribution in [3.05, 3.63) is 76.6 Å². The number of aryl methyl sites for hydroxylation is 3. The minimum atomic E-state index is -0.216. The molecular weight excluding hydrogens is 400 g/mol. The molecule has 0 aliphatic carbocycles. The van der Waals surface area contributed by atoms with E-state index in [0.29, 0.717) is 18.1 Å². The van der Waals surface area contributed by atoms with Gasteiger partial charge in [-0.05, 0) is 56.2 Å². The molecule has 0 bridgehead atoms. The Morgan fingerprint density at radius 3 is 2.53 bits per heavy atom. The quantitative estimate of drug-likeness (QED) is 0.455. The fourth-order valence-corrected chi connectivity index (χ4v) is 3.43. The smallest absolute Gasteiger partial charge is 0.258 e. The third kappa shape index (κ3) is 5.55. The average Bonchev–Trinajstić information content (AvgIpc) is 3.03. The Bertz CT molecular complexity index is 1130. The number of anilines is 2. The molecule has 168 valence electrons. The summed E-state index contributed by atoms with van der Waals surface area (Å²) in [7, 11) is 5.82. The molecule has 0 saturated carbocycles. The molecule has 0 radical (unpaired) electrons. The largest absolute Gasteiger partial charge is 0.378 e. The highest BCUT2D eigenvalue weighted by Crippen LogP contribution is 2.16. The van der Waals surface area contributed by atoms with Gasteiger partial charge in [-0.25, -0.2) is 4.99 Å². The van der Waals surface area contributed by atoms with Gasteiger partial charge in [0.1, 0.15) is 0 Å². The number of aromatic nitrogens is 2. The Balaban J connectivity index is 1.88. The Morgan fingerprint density at radius 2 is 1.88 bits per heavy atom. The second-order valence-electron chi connectivity index (χ2n) is 8.02. The van der Waals surface area contributed by atoms with Crippen molar-refractivity contribution < 1.29 is 4.79 Å². The van der Waals surface area contributed by atoms with Gasteiger partial charge in [0, 0.05) is 49.3 Å². The van der Waals surface area contributed by atoms with E-state index in [0.717, 1.165) is 34.7 Å². The fraction of sp³-hybridized carbons (Fsp3) is 0.320. The Labute approximate surface area is 190 Å². The molecule has 2 N–H and O–H groups in total. The van der Waals surface area contributed by atoms with Crippen LogP contribution < -0.4 is 15.5 Å². The highest BCUT2D eigenvalue weighted by Gasteiger charge is 2.13. The van der Waals surface area contributed by atoms with E-state index in [2.05, 4.69) is 34.8 Å². The molecule has 0 spiro atoms. The van der Waals surface area contributed by atoms with E-state index in [9.17, 15) is 4.79 Å². The van der Waals surface area contributed by atoms with Crippen LogP contribution in [-0.2, 0) is 20.0 Å². The zero-order chi connectivity index (χ0) is 23.3. The molecule has 0 aliphatic heterocycles. The summed E-state index contributed by atoms with van der Waals surface area (Å²) in [5, 5.41) is 10.7. The molecule has 1 aromatic heterocycles. The maximum absolute atomic E-state index is 13.0. The van der Waals surface area contributed by atoms with Crippen LogP contribution in [0.1, 0.15) is 39.8 Å². The molecule has 0 atom stereocenters. The van der Waals surface area contributed by atoms with Crippen molar-refractivity contribution in [2.45, 2.75) is 33.7 Å². The lowest BCUT2D eigenvalue weighted by molar-refractivity contribution is 0.0977. The number of nitrogens with zero attached hydrogens (tertiary/aromatic N) is 4. The van der Waals surface area contributed by atoms with E-state index in [4.69, 9.17) is 4.99 Å². The van der Waals surface area contributed by atoms with Crippen molar-refractivity contribution in [3.63, 3.8) is 0 Å². The van der Waals surface area contributed by atoms with Gasteiger partial charge in [-0.3, -0.25) is 14.8 Å². The van der Waals surface area contributed by atoms with Gasteiger partial charge in [0.2, 0.25) is 5.96 Å². The topological polar surface area (TPSA) is 74.5 Å². The van der Waals surface area contributed by atoms with Crippen molar-refractivity contribution in [3.8, 4) is 0 Å². The number of amides is 1. The predicted octanol–water partition coefficient (Wildman–Crippen LogP) is 4.06. The second-order valence-corrected chi connectivity index (χ2v) is 8.02. The van der Waals surface area contributed by atoms with E-state index in [-0.39, 0.29) is 5.91 Å². The van der Waals surface area contributed by atoms with Crippen molar-refractivity contribution in [2.75, 3.05) is 24.3 Å². The number of nitrogens with one attached hydrogen (secondary N) is 2. The lowest BCUT2D eigenvalue weighted by Crippen LogP contribution is -2.36. The first-order chi connectivity index (χ1) is 15.3. The van der Waals surface area contributed by atoms with Gasteiger partial charge in [-0.1, -0.05) is 25.1 Å². The normalized spacial score (nSPS) is 11.4. The Morgan fingerprint density at radius 1 is 1.12 bits per heavy atom. The number of carbonyl (C=O) groups is 1. The monoisotopic (exact) mass is 432 g/mol. The third-order valence-electron chi connectivity index (χ3n) is 5.51. The molecule has 7 nitrogen and oxygen atoms in total. The Kier molecular flexibility index (Phi) is 7.30. The van der Waals surface area contributed by atoms with Crippen LogP contribution in [-0.4, -0.2) is 35.7 Å². The molecule has 0 unspecified atom stereocenters. The van der Waals surface area contributed by atoms with Crippen LogP contribution >= 0.6 is 0 Å². The first-order valence-corrected chi connectivity index (χ1v) is 10.8. The van der Waals surface area contributed by atoms with E-state index in [1.807, 2.05) is 74.9 Å². The standard InChI is InChI=1S/C25H32N6O/c1-7-19-10-8-12-21(14-19)27-25(26-16-23-17(2)29-31(6)18(23)3)28-24(32)20-11-9-13-22(15-20)30(4)5/h8-15H,7,16H2,1-6H3,(H2,26,27,28,32). The first-order valence-electron chi connectivity index (χ1n) is 10.8. The SMILES string of the molecule is CCc1cccc(NC(=NCc2c(C)nn(C)c2C)NC(=O)c2cccc(N(C)C)c2)c1. The highest BCUT2D eigenvalue weighted by atomic mass is 16.1. The van der Waals surface area contributed by atoms with E-state index < -0.39 is 0 Å². The molecule has 32 heavy (non-hydrogen) atoms. The second kappa shape index (κ2) is 10.1. The molecular formula is C25H32N6O. The molecule has 2 aromatic carbocycles. The summed E-state index contributed by atoms with van der Waals surface area (Å²) in [4.78, 5) is 19.7. The summed E-state index contributed by atoms with van der Waals surface area (Å²) in [5.74, 6) is 0.187. The average molecular weight is 433 g/mol. The van der Waals surface area contributed by atoms with Crippen LogP contribution in [0, 0.1) is 13.8 Å². The van der Waals surface area contributed by atoms with Crippen LogP contribution in [0.3, 0.4) is 0 Å². The van der Waals surface area contributed by atoms with Gasteiger partial charge in [0.25, 0.3) is 5.91 Å². The maximum Gasteiger partial charge on any atom is 0.258 e. The van der Waals surface area contributed by atoms with Crippen LogP contribution in [0.2, 0.25) is 0 Å². The number of carbonyl (C=O) groups excluding carboxylic acids is 1. The molecule has 1 amide bonds. The number of rotatable bonds is 6. The number of hydrogen-bond acceptors (Lipinski definition) is 4. The van der Waals surface area contributed by atoms with E-state index in [1.165, 1.54) is 5.56 Å². The maximum atomic E-state index is 13.0. The van der Waals surface area contributed by atoms with Crippen LogP contribution in [0.25, 0.3) is 0 Å². The van der Waals surface area contributed by atoms with Crippen LogP contribution in [0.5, 0.6) is 0 Å². The van der Waals surface area contributed by atoms with Gasteiger partial charge in [-0.2, -0.15) is 5.10 Å². The zero-order valence-corrected chi connectivity index (χ0v) is 19.7. The zero-order valence-electron chi connectivity index (χ0n) is 19.7. The fourth-order valence-electron chi connectivity index (χ4n) is 3.43. The summed E-state index contributed by atoms with van der Waals surface area (Å²) < 4.78 is 1.85. The molecule has 3 rings (SSSR count). The number of guanidine groups is 1. The number of benzene rings is 2. The van der Waals surface area contributed by atoms with Crippen molar-refractivity contribution in [2.24, 2.45) is 12.0 Å². The van der Waals surface area contributed by atoms with E-state index in [1.54, 1.807) is 6.07 Å². The van der Waals surface area contributed by atoms with Gasteiger partial charge < -0.3 is 10.2 Å². The van der Waals surface area contributed by atoms with Gasteiger partial charge in [0.05, 0.1) is 12.2 Å². The van der Waals surface area contributed by atoms with E-state index >= 15 is 0 Å². The molecule has 1 heterocycles. The van der Waals surface area contributed by atoms with Crippen molar-refractivity contribution in [1.82, 2.24) is 15.1 Å². The van der Waals surface area contributed by atoms with Crippen LogP contribution in [0.4, 0.5) is 11.4 Å². The Hall–Kier alpha value is -3.61. The summed E-state index contributed by atoms with van der Waals surface area (Å²) in [6.07, 6.45) is 0.930. The van der Waals surface area contributed by atoms with Gasteiger partial charge in [-0.15, -0.1) is 0 Å². The lowest BCUT2D eigenvalue weighted by Gasteiger charge is -2.15. The third-order valence-corrected chi connectivity index (χ3v) is 5.51. The van der Waals surface area contributed by atoms with Crippen molar-refractivity contribution >= 4 is 23.2 Å². The summed E-state index contributed by atoms with van der Waals surface area (Å²) in [6.45, 7) is 6.52. The minimum absolute atomic E-state index is 0.216. The van der Waals surface area contributed by atoms with Gasteiger partial charge in [0.15, 0.2) is 0 Å². The molecule has 3 aromatic rings. The first kappa shape index (κ1) is 23.1. The summed E-state index contributed by atoms with van der Waals surface area (Å²) in [5.41, 5.74) is 6.67. The molecule has 7 heteroatoms. The predicted molar refractivity (Wildman–Crippen MR) is 131 cm³/mol. The van der Waals surface area contributed by atoms with Gasteiger partial charge >= 0.3 is 0 Å². The van der Waals surface area contributed by atoms with Crippen molar-refractivity contribution in [1.29, 1.82) is 0 Å².